The molecule has 0 aliphatic heterocycles. The fourth-order valence-electron chi connectivity index (χ4n) is 5.30. The van der Waals surface area contributed by atoms with Crippen LogP contribution in [0.3, 0.4) is 0 Å². The van der Waals surface area contributed by atoms with Gasteiger partial charge >= 0.3 is 0 Å². The van der Waals surface area contributed by atoms with E-state index >= 15 is 0 Å². The smallest absolute Gasteiger partial charge is 0.264 e. The molecule has 1 aliphatic rings. The Labute approximate surface area is 252 Å². The lowest BCUT2D eigenvalue weighted by Crippen LogP contribution is -2.53. The quantitative estimate of drug-likeness (QED) is 0.289. The van der Waals surface area contributed by atoms with Crippen LogP contribution in [0.4, 0.5) is 5.69 Å². The molecule has 1 saturated carbocycles. The normalized spacial score (nSPS) is 14.7. The van der Waals surface area contributed by atoms with Crippen molar-refractivity contribution in [1.29, 1.82) is 0 Å². The standard InChI is InChI=1S/C32H38BrN3O4S/c1-23-17-18-30(24(2)19-23)36(41(39,40)29-15-8-5-9-16-29)22-31(37)35(21-26-11-10-12-27(33)20-26)25(3)32(38)34-28-13-6-4-7-14-28/h5,8-12,15-20,25,28H,4,6-7,13-14,21-22H2,1-3H3,(H,34,38)/t25-/m0/s1. The van der Waals surface area contributed by atoms with Crippen molar-refractivity contribution >= 4 is 43.5 Å². The maximum absolute atomic E-state index is 14.1. The first-order chi connectivity index (χ1) is 19.6. The number of sulfonamides is 1. The minimum absolute atomic E-state index is 0.0895. The lowest BCUT2D eigenvalue weighted by Gasteiger charge is -2.33. The molecule has 1 aliphatic carbocycles. The summed E-state index contributed by atoms with van der Waals surface area (Å²) in [5.74, 6) is -0.694. The van der Waals surface area contributed by atoms with E-state index in [-0.39, 0.29) is 23.4 Å². The van der Waals surface area contributed by atoms with Crippen molar-refractivity contribution in [3.8, 4) is 0 Å². The van der Waals surface area contributed by atoms with Crippen LogP contribution in [0.15, 0.2) is 82.2 Å². The molecule has 2 amide bonds. The molecule has 0 bridgehead atoms. The van der Waals surface area contributed by atoms with Crippen LogP contribution >= 0.6 is 15.9 Å². The van der Waals surface area contributed by atoms with Gasteiger partial charge in [0.05, 0.1) is 10.6 Å². The molecule has 0 aromatic heterocycles. The monoisotopic (exact) mass is 639 g/mol. The number of rotatable bonds is 10. The third-order valence-corrected chi connectivity index (χ3v) is 9.86. The van der Waals surface area contributed by atoms with E-state index < -0.39 is 28.5 Å². The largest absolute Gasteiger partial charge is 0.352 e. The Morgan fingerprint density at radius 2 is 1.66 bits per heavy atom. The zero-order valence-electron chi connectivity index (χ0n) is 23.8. The molecule has 7 nitrogen and oxygen atoms in total. The zero-order valence-corrected chi connectivity index (χ0v) is 26.2. The van der Waals surface area contributed by atoms with Gasteiger partial charge in [-0.25, -0.2) is 8.42 Å². The van der Waals surface area contributed by atoms with E-state index in [9.17, 15) is 18.0 Å². The predicted molar refractivity (Wildman–Crippen MR) is 166 cm³/mol. The van der Waals surface area contributed by atoms with Gasteiger partial charge in [-0.3, -0.25) is 13.9 Å². The molecule has 0 saturated heterocycles. The number of carbonyl (C=O) groups excluding carboxylic acids is 2. The van der Waals surface area contributed by atoms with Crippen LogP contribution in [0.1, 0.15) is 55.7 Å². The highest BCUT2D eigenvalue weighted by Gasteiger charge is 2.33. The molecular formula is C32H38BrN3O4S. The highest BCUT2D eigenvalue weighted by Crippen LogP contribution is 2.28. The lowest BCUT2D eigenvalue weighted by atomic mass is 9.95. The average Bonchev–Trinajstić information content (AvgIpc) is 2.95. The molecule has 1 fully saturated rings. The summed E-state index contributed by atoms with van der Waals surface area (Å²) >= 11 is 3.49. The number of benzene rings is 3. The van der Waals surface area contributed by atoms with Crippen LogP contribution in [-0.4, -0.2) is 43.8 Å². The van der Waals surface area contributed by atoms with Gasteiger partial charge < -0.3 is 10.2 Å². The van der Waals surface area contributed by atoms with Crippen LogP contribution in [0.5, 0.6) is 0 Å². The van der Waals surface area contributed by atoms with E-state index in [4.69, 9.17) is 0 Å². The zero-order chi connectivity index (χ0) is 29.6. The van der Waals surface area contributed by atoms with Gasteiger partial charge in [0.1, 0.15) is 12.6 Å². The predicted octanol–water partition coefficient (Wildman–Crippen LogP) is 6.13. The van der Waals surface area contributed by atoms with E-state index in [0.717, 1.165) is 46.8 Å². The first kappa shape index (κ1) is 30.8. The Hall–Kier alpha value is -3.17. The van der Waals surface area contributed by atoms with Crippen LogP contribution < -0.4 is 9.62 Å². The Balaban J connectivity index is 1.69. The van der Waals surface area contributed by atoms with E-state index in [2.05, 4.69) is 21.2 Å². The van der Waals surface area contributed by atoms with Crippen molar-refractivity contribution in [3.63, 3.8) is 0 Å². The Bertz CT molecular complexity index is 1470. The summed E-state index contributed by atoms with van der Waals surface area (Å²) in [6.07, 6.45) is 5.16. The lowest BCUT2D eigenvalue weighted by molar-refractivity contribution is -0.139. The number of amides is 2. The van der Waals surface area contributed by atoms with E-state index in [0.29, 0.717) is 5.69 Å². The maximum atomic E-state index is 14.1. The minimum atomic E-state index is -4.09. The number of halogens is 1. The average molecular weight is 641 g/mol. The molecule has 41 heavy (non-hydrogen) atoms. The molecule has 0 radical (unpaired) electrons. The Morgan fingerprint density at radius 1 is 0.951 bits per heavy atom. The summed E-state index contributed by atoms with van der Waals surface area (Å²) in [5.41, 5.74) is 2.97. The number of aryl methyl sites for hydroxylation is 2. The van der Waals surface area contributed by atoms with Gasteiger partial charge in [0, 0.05) is 17.1 Å². The molecule has 9 heteroatoms. The van der Waals surface area contributed by atoms with Crippen LogP contribution in [0.2, 0.25) is 0 Å². The Morgan fingerprint density at radius 3 is 2.32 bits per heavy atom. The van der Waals surface area contributed by atoms with Gasteiger partial charge in [0.15, 0.2) is 0 Å². The molecule has 0 unspecified atom stereocenters. The van der Waals surface area contributed by atoms with Crippen molar-refractivity contribution in [2.75, 3.05) is 10.8 Å². The summed E-state index contributed by atoms with van der Waals surface area (Å²) in [5, 5.41) is 3.13. The summed E-state index contributed by atoms with van der Waals surface area (Å²) in [6, 6.07) is 20.4. The van der Waals surface area contributed by atoms with E-state index in [1.807, 2.05) is 50.2 Å². The Kier molecular flexibility index (Phi) is 10.3. The summed E-state index contributed by atoms with van der Waals surface area (Å²) in [4.78, 5) is 29.1. The molecule has 0 spiro atoms. The molecule has 1 atom stereocenters. The third-order valence-electron chi connectivity index (χ3n) is 7.59. The number of carbonyl (C=O) groups is 2. The van der Waals surface area contributed by atoms with Crippen molar-refractivity contribution in [3.05, 3.63) is 94.0 Å². The van der Waals surface area contributed by atoms with Gasteiger partial charge in [-0.2, -0.15) is 0 Å². The molecule has 218 valence electrons. The van der Waals surface area contributed by atoms with E-state index in [1.54, 1.807) is 31.2 Å². The summed E-state index contributed by atoms with van der Waals surface area (Å²) < 4.78 is 30.0. The van der Waals surface area contributed by atoms with Crippen molar-refractivity contribution in [1.82, 2.24) is 10.2 Å². The second-order valence-corrected chi connectivity index (χ2v) is 13.6. The van der Waals surface area contributed by atoms with Gasteiger partial charge in [0.25, 0.3) is 10.0 Å². The third kappa shape index (κ3) is 7.77. The first-order valence-corrected chi connectivity index (χ1v) is 16.3. The van der Waals surface area contributed by atoms with Crippen molar-refractivity contribution < 1.29 is 18.0 Å². The fraction of sp³-hybridized carbons (Fsp3) is 0.375. The SMILES string of the molecule is Cc1ccc(N(CC(=O)N(Cc2cccc(Br)c2)[C@@H](C)C(=O)NC2CCCCC2)S(=O)(=O)c2ccccc2)c(C)c1. The van der Waals surface area contributed by atoms with Crippen LogP contribution in [-0.2, 0) is 26.2 Å². The second kappa shape index (κ2) is 13.7. The maximum Gasteiger partial charge on any atom is 0.264 e. The molecule has 3 aromatic rings. The van der Waals surface area contributed by atoms with Crippen LogP contribution in [0.25, 0.3) is 0 Å². The fourth-order valence-corrected chi connectivity index (χ4v) is 7.25. The molecule has 4 rings (SSSR count). The first-order valence-electron chi connectivity index (χ1n) is 14.1. The van der Waals surface area contributed by atoms with Crippen molar-refractivity contribution in [2.45, 2.75) is 76.4 Å². The molecule has 0 heterocycles. The molecule has 1 N–H and O–H groups in total. The number of nitrogens with one attached hydrogen (secondary N) is 1. The number of nitrogens with zero attached hydrogens (tertiary/aromatic N) is 2. The highest BCUT2D eigenvalue weighted by atomic mass is 79.9. The topological polar surface area (TPSA) is 86.8 Å². The summed E-state index contributed by atoms with van der Waals surface area (Å²) in [6.45, 7) is 5.19. The minimum Gasteiger partial charge on any atom is -0.352 e. The van der Waals surface area contributed by atoms with Gasteiger partial charge in [0.2, 0.25) is 11.8 Å². The van der Waals surface area contributed by atoms with Crippen molar-refractivity contribution in [2.24, 2.45) is 0 Å². The number of hydrogen-bond donors (Lipinski definition) is 1. The molecule has 3 aromatic carbocycles. The van der Waals surface area contributed by atoms with Gasteiger partial charge in [-0.15, -0.1) is 0 Å². The number of hydrogen-bond acceptors (Lipinski definition) is 4. The molecular weight excluding hydrogens is 602 g/mol. The van der Waals surface area contributed by atoms with Gasteiger partial charge in [-0.05, 0) is 75.1 Å². The van der Waals surface area contributed by atoms with E-state index in [1.165, 1.54) is 27.8 Å². The van der Waals surface area contributed by atoms with Gasteiger partial charge in [-0.1, -0.05) is 83.2 Å². The highest BCUT2D eigenvalue weighted by molar-refractivity contribution is 9.10. The summed E-state index contributed by atoms with van der Waals surface area (Å²) in [7, 11) is -4.09. The second-order valence-electron chi connectivity index (χ2n) is 10.8. The van der Waals surface area contributed by atoms with Crippen LogP contribution in [0, 0.1) is 13.8 Å². The number of anilines is 1.